The molecule has 3 heteroatoms. The van der Waals surface area contributed by atoms with E-state index in [1.165, 1.54) is 0 Å². The molecule has 3 nitrogen and oxygen atoms in total. The Morgan fingerprint density at radius 3 is 2.57 bits per heavy atom. The van der Waals surface area contributed by atoms with Crippen molar-refractivity contribution in [3.05, 3.63) is 59.7 Å². The van der Waals surface area contributed by atoms with Gasteiger partial charge in [0.15, 0.2) is 0 Å². The summed E-state index contributed by atoms with van der Waals surface area (Å²) in [6, 6.07) is 15.2. The number of phenolic OH excluding ortho intramolecular Hbond substituents is 1. The fourth-order valence-corrected chi connectivity index (χ4v) is 2.19. The molecule has 0 fully saturated rings. The summed E-state index contributed by atoms with van der Waals surface area (Å²) in [7, 11) is 1.58. The van der Waals surface area contributed by atoms with Gasteiger partial charge in [0, 0.05) is 11.6 Å². The second-order valence-corrected chi connectivity index (χ2v) is 4.58. The van der Waals surface area contributed by atoms with Gasteiger partial charge in [-0.25, -0.2) is 0 Å². The van der Waals surface area contributed by atoms with Crippen molar-refractivity contribution in [1.29, 1.82) is 0 Å². The first-order valence-corrected chi connectivity index (χ1v) is 6.81. The lowest BCUT2D eigenvalue weighted by Gasteiger charge is -2.20. The molecule has 0 aromatic heterocycles. The number of hydrogen-bond donors (Lipinski definition) is 2. The average Bonchev–Trinajstić information content (AvgIpc) is 2.53. The smallest absolute Gasteiger partial charge is 0.124 e. The van der Waals surface area contributed by atoms with Crippen molar-refractivity contribution in [2.75, 3.05) is 13.7 Å². The van der Waals surface area contributed by atoms with Crippen LogP contribution in [0.3, 0.4) is 0 Å². The summed E-state index contributed by atoms with van der Waals surface area (Å²) in [4.78, 5) is 0. The summed E-state index contributed by atoms with van der Waals surface area (Å²) < 4.78 is 5.13. The minimum absolute atomic E-state index is 0.113. The maximum atomic E-state index is 10.3. The molecule has 2 rings (SSSR count). The van der Waals surface area contributed by atoms with E-state index in [0.29, 0.717) is 12.3 Å². The summed E-state index contributed by atoms with van der Waals surface area (Å²) in [5.74, 6) is 6.70. The fraction of sp³-hybridized carbons (Fsp3) is 0.222. The lowest BCUT2D eigenvalue weighted by atomic mass is 9.97. The molecule has 0 amide bonds. The van der Waals surface area contributed by atoms with Gasteiger partial charge < -0.3 is 9.84 Å². The predicted octanol–water partition coefficient (Wildman–Crippen LogP) is 3.10. The van der Waals surface area contributed by atoms with E-state index in [9.17, 15) is 5.11 Å². The highest BCUT2D eigenvalue weighted by Crippen LogP contribution is 2.32. The van der Waals surface area contributed by atoms with Crippen LogP contribution in [0, 0.1) is 11.8 Å². The molecule has 0 saturated heterocycles. The van der Waals surface area contributed by atoms with Gasteiger partial charge in [0.1, 0.15) is 11.5 Å². The Labute approximate surface area is 125 Å². The molecule has 0 heterocycles. The normalized spacial score (nSPS) is 11.3. The van der Waals surface area contributed by atoms with E-state index in [1.807, 2.05) is 49.4 Å². The summed E-state index contributed by atoms with van der Waals surface area (Å²) in [6.07, 6.45) is 0. The van der Waals surface area contributed by atoms with E-state index < -0.39 is 0 Å². The van der Waals surface area contributed by atoms with Gasteiger partial charge >= 0.3 is 0 Å². The SMILES string of the molecule is CC#CCNC(c1ccccc1)c1ccc(OC)cc1O. The van der Waals surface area contributed by atoms with Crippen LogP contribution < -0.4 is 10.1 Å². The number of nitrogens with one attached hydrogen (secondary N) is 1. The van der Waals surface area contributed by atoms with E-state index in [2.05, 4.69) is 17.2 Å². The summed E-state index contributed by atoms with van der Waals surface area (Å²) in [6.45, 7) is 2.37. The molecule has 2 N–H and O–H groups in total. The van der Waals surface area contributed by atoms with Gasteiger partial charge in [0.25, 0.3) is 0 Å². The maximum absolute atomic E-state index is 10.3. The van der Waals surface area contributed by atoms with Crippen molar-refractivity contribution in [3.63, 3.8) is 0 Å². The van der Waals surface area contributed by atoms with Crippen LogP contribution in [0.25, 0.3) is 0 Å². The minimum Gasteiger partial charge on any atom is -0.507 e. The van der Waals surface area contributed by atoms with Gasteiger partial charge in [-0.2, -0.15) is 0 Å². The third-order valence-corrected chi connectivity index (χ3v) is 3.25. The Morgan fingerprint density at radius 2 is 1.95 bits per heavy atom. The third kappa shape index (κ3) is 3.77. The van der Waals surface area contributed by atoms with E-state index in [-0.39, 0.29) is 11.8 Å². The van der Waals surface area contributed by atoms with Crippen molar-refractivity contribution in [2.24, 2.45) is 0 Å². The van der Waals surface area contributed by atoms with Gasteiger partial charge in [-0.15, -0.1) is 5.92 Å². The molecule has 0 spiro atoms. The topological polar surface area (TPSA) is 41.5 Å². The van der Waals surface area contributed by atoms with Crippen LogP contribution in [0.2, 0.25) is 0 Å². The molecule has 0 aliphatic heterocycles. The van der Waals surface area contributed by atoms with Crippen LogP contribution in [0.5, 0.6) is 11.5 Å². The van der Waals surface area contributed by atoms with Gasteiger partial charge in [-0.05, 0) is 24.6 Å². The number of aromatic hydroxyl groups is 1. The molecule has 108 valence electrons. The Morgan fingerprint density at radius 1 is 1.19 bits per heavy atom. The lowest BCUT2D eigenvalue weighted by Crippen LogP contribution is -2.22. The predicted molar refractivity (Wildman–Crippen MR) is 84.4 cm³/mol. The molecule has 2 aromatic carbocycles. The Balaban J connectivity index is 2.36. The fourth-order valence-electron chi connectivity index (χ4n) is 2.19. The molecular weight excluding hydrogens is 262 g/mol. The van der Waals surface area contributed by atoms with E-state index in [4.69, 9.17) is 4.74 Å². The van der Waals surface area contributed by atoms with E-state index >= 15 is 0 Å². The van der Waals surface area contributed by atoms with Crippen LogP contribution in [0.1, 0.15) is 24.1 Å². The summed E-state index contributed by atoms with van der Waals surface area (Å²) >= 11 is 0. The highest BCUT2D eigenvalue weighted by molar-refractivity contribution is 5.45. The van der Waals surface area contributed by atoms with Crippen molar-refractivity contribution < 1.29 is 9.84 Å². The standard InChI is InChI=1S/C18H19NO2/c1-3-4-12-19-18(14-8-6-5-7-9-14)16-11-10-15(21-2)13-17(16)20/h5-11,13,18-20H,12H2,1-2H3. The number of ether oxygens (including phenoxy) is 1. The van der Waals surface area contributed by atoms with Gasteiger partial charge in [-0.3, -0.25) is 5.32 Å². The monoisotopic (exact) mass is 281 g/mol. The Kier molecular flexibility index (Phi) is 5.25. The Bertz CT molecular complexity index is 641. The first kappa shape index (κ1) is 15.0. The molecule has 1 unspecified atom stereocenters. The summed E-state index contributed by atoms with van der Waals surface area (Å²) in [5.41, 5.74) is 1.88. The maximum Gasteiger partial charge on any atom is 0.124 e. The second-order valence-electron chi connectivity index (χ2n) is 4.58. The van der Waals surface area contributed by atoms with Crippen LogP contribution in [0.15, 0.2) is 48.5 Å². The third-order valence-electron chi connectivity index (χ3n) is 3.25. The highest BCUT2D eigenvalue weighted by atomic mass is 16.5. The van der Waals surface area contributed by atoms with Crippen LogP contribution in [-0.4, -0.2) is 18.8 Å². The van der Waals surface area contributed by atoms with Crippen molar-refractivity contribution >= 4 is 0 Å². The molecule has 0 bridgehead atoms. The van der Waals surface area contributed by atoms with Crippen molar-refractivity contribution in [2.45, 2.75) is 13.0 Å². The van der Waals surface area contributed by atoms with Gasteiger partial charge in [0.2, 0.25) is 0 Å². The second kappa shape index (κ2) is 7.37. The summed E-state index contributed by atoms with van der Waals surface area (Å²) in [5, 5.41) is 13.6. The van der Waals surface area contributed by atoms with Gasteiger partial charge in [0.05, 0.1) is 19.7 Å². The number of methoxy groups -OCH3 is 1. The molecule has 21 heavy (non-hydrogen) atoms. The number of hydrogen-bond acceptors (Lipinski definition) is 3. The number of rotatable bonds is 5. The zero-order valence-electron chi connectivity index (χ0n) is 12.3. The van der Waals surface area contributed by atoms with E-state index in [1.54, 1.807) is 13.2 Å². The molecule has 0 saturated carbocycles. The van der Waals surface area contributed by atoms with Crippen LogP contribution in [0.4, 0.5) is 0 Å². The molecule has 0 radical (unpaired) electrons. The molecule has 0 aliphatic rings. The lowest BCUT2D eigenvalue weighted by molar-refractivity contribution is 0.405. The van der Waals surface area contributed by atoms with E-state index in [0.717, 1.165) is 11.1 Å². The highest BCUT2D eigenvalue weighted by Gasteiger charge is 2.17. The Hall–Kier alpha value is -2.44. The first-order chi connectivity index (χ1) is 10.3. The van der Waals surface area contributed by atoms with Crippen molar-refractivity contribution in [3.8, 4) is 23.3 Å². The zero-order chi connectivity index (χ0) is 15.1. The largest absolute Gasteiger partial charge is 0.507 e. The molecule has 1 atom stereocenters. The van der Waals surface area contributed by atoms with Crippen LogP contribution >= 0.6 is 0 Å². The molecule has 2 aromatic rings. The first-order valence-electron chi connectivity index (χ1n) is 6.81. The number of phenols is 1. The zero-order valence-corrected chi connectivity index (χ0v) is 12.3. The molecular formula is C18H19NO2. The quantitative estimate of drug-likeness (QED) is 0.827. The average molecular weight is 281 g/mol. The number of benzene rings is 2. The minimum atomic E-state index is -0.113. The van der Waals surface area contributed by atoms with Crippen molar-refractivity contribution in [1.82, 2.24) is 5.32 Å². The van der Waals surface area contributed by atoms with Crippen LogP contribution in [-0.2, 0) is 0 Å². The molecule has 0 aliphatic carbocycles. The van der Waals surface area contributed by atoms with Gasteiger partial charge in [-0.1, -0.05) is 36.3 Å².